The van der Waals surface area contributed by atoms with Gasteiger partial charge in [0.2, 0.25) is 0 Å². The Balaban J connectivity index is 1.83. The quantitative estimate of drug-likeness (QED) is 0.529. The Labute approximate surface area is 178 Å². The molecule has 0 aliphatic carbocycles. The highest BCUT2D eigenvalue weighted by molar-refractivity contribution is 6.32. The molecule has 3 rings (SSSR count). The molecule has 29 heavy (non-hydrogen) atoms. The molecule has 1 aromatic heterocycles. The third-order valence-corrected chi connectivity index (χ3v) is 4.50. The standard InChI is InChI=1S/C18H10Cl3FN4O3/c19-10-3-8(6-23)4-11(5-10)29-15-12(20)2-1-9(13(15)22)7-24-17(27)14-16(21)26-18(28)25-14/h1-5H,7H2,(H,24,27)(H2,25,26,28). The zero-order chi connectivity index (χ0) is 21.1. The number of H-pyrrole nitrogens is 2. The second-order valence-electron chi connectivity index (χ2n) is 5.69. The smallest absolute Gasteiger partial charge is 0.324 e. The summed E-state index contributed by atoms with van der Waals surface area (Å²) in [6.45, 7) is -0.235. The van der Waals surface area contributed by atoms with E-state index in [-0.39, 0.29) is 50.1 Å². The molecular weight excluding hydrogens is 446 g/mol. The van der Waals surface area contributed by atoms with Gasteiger partial charge in [0.15, 0.2) is 11.6 Å². The fourth-order valence-corrected chi connectivity index (χ4v) is 3.02. The number of hydrogen-bond donors (Lipinski definition) is 3. The van der Waals surface area contributed by atoms with Crippen LogP contribution in [-0.2, 0) is 6.54 Å². The molecule has 0 atom stereocenters. The number of carbonyl (C=O) groups excluding carboxylic acids is 1. The van der Waals surface area contributed by atoms with Gasteiger partial charge in [-0.25, -0.2) is 9.18 Å². The van der Waals surface area contributed by atoms with Gasteiger partial charge in [0.1, 0.15) is 16.6 Å². The fraction of sp³-hybridized carbons (Fsp3) is 0.0556. The molecule has 0 saturated carbocycles. The third kappa shape index (κ3) is 4.71. The van der Waals surface area contributed by atoms with Crippen molar-refractivity contribution in [2.45, 2.75) is 6.54 Å². The molecule has 1 heterocycles. The Hall–Kier alpha value is -2.99. The molecule has 11 heteroatoms. The highest BCUT2D eigenvalue weighted by atomic mass is 35.5. The van der Waals surface area contributed by atoms with Crippen LogP contribution in [0.5, 0.6) is 11.5 Å². The predicted molar refractivity (Wildman–Crippen MR) is 105 cm³/mol. The van der Waals surface area contributed by atoms with Gasteiger partial charge in [-0.2, -0.15) is 5.26 Å². The SMILES string of the molecule is N#Cc1cc(Cl)cc(Oc2c(Cl)ccc(CNC(=O)c3[nH]c(=O)[nH]c3Cl)c2F)c1. The van der Waals surface area contributed by atoms with Crippen molar-refractivity contribution in [2.75, 3.05) is 0 Å². The number of benzene rings is 2. The summed E-state index contributed by atoms with van der Waals surface area (Å²) in [4.78, 5) is 27.7. The second kappa shape index (κ2) is 8.57. The van der Waals surface area contributed by atoms with Gasteiger partial charge < -0.3 is 15.0 Å². The Morgan fingerprint density at radius 1 is 1.21 bits per heavy atom. The van der Waals surface area contributed by atoms with Crippen molar-refractivity contribution in [1.29, 1.82) is 5.26 Å². The van der Waals surface area contributed by atoms with Crippen LogP contribution in [0.25, 0.3) is 0 Å². The van der Waals surface area contributed by atoms with Gasteiger partial charge in [0, 0.05) is 17.1 Å². The predicted octanol–water partition coefficient (Wildman–Crippen LogP) is 4.40. The Kier molecular flexibility index (Phi) is 6.13. The summed E-state index contributed by atoms with van der Waals surface area (Å²) in [5, 5.41) is 11.5. The topological polar surface area (TPSA) is 111 Å². The van der Waals surface area contributed by atoms with Crippen LogP contribution in [0.1, 0.15) is 21.6 Å². The second-order valence-corrected chi connectivity index (χ2v) is 6.91. The molecule has 0 spiro atoms. The van der Waals surface area contributed by atoms with E-state index in [9.17, 15) is 14.0 Å². The number of aromatic amines is 2. The van der Waals surface area contributed by atoms with E-state index in [0.717, 1.165) is 0 Å². The van der Waals surface area contributed by atoms with Crippen LogP contribution in [0.3, 0.4) is 0 Å². The van der Waals surface area contributed by atoms with Crippen molar-refractivity contribution in [2.24, 2.45) is 0 Å². The highest BCUT2D eigenvalue weighted by Crippen LogP contribution is 2.35. The number of nitriles is 1. The lowest BCUT2D eigenvalue weighted by atomic mass is 10.2. The van der Waals surface area contributed by atoms with E-state index in [4.69, 9.17) is 44.8 Å². The number of halogens is 4. The van der Waals surface area contributed by atoms with Crippen molar-refractivity contribution < 1.29 is 13.9 Å². The monoisotopic (exact) mass is 454 g/mol. The van der Waals surface area contributed by atoms with Crippen LogP contribution in [0.15, 0.2) is 35.1 Å². The lowest BCUT2D eigenvalue weighted by Gasteiger charge is -2.13. The summed E-state index contributed by atoms with van der Waals surface area (Å²) in [6, 6.07) is 8.87. The van der Waals surface area contributed by atoms with E-state index >= 15 is 0 Å². The van der Waals surface area contributed by atoms with Gasteiger partial charge in [-0.3, -0.25) is 9.78 Å². The van der Waals surface area contributed by atoms with Crippen LogP contribution >= 0.6 is 34.8 Å². The van der Waals surface area contributed by atoms with Gasteiger partial charge >= 0.3 is 5.69 Å². The highest BCUT2D eigenvalue weighted by Gasteiger charge is 2.18. The Morgan fingerprint density at radius 2 is 1.97 bits per heavy atom. The zero-order valence-corrected chi connectivity index (χ0v) is 16.5. The lowest BCUT2D eigenvalue weighted by Crippen LogP contribution is -2.24. The molecule has 3 N–H and O–H groups in total. The molecule has 148 valence electrons. The maximum Gasteiger partial charge on any atom is 0.324 e. The molecule has 0 radical (unpaired) electrons. The molecule has 0 fully saturated rings. The van der Waals surface area contributed by atoms with E-state index in [0.29, 0.717) is 0 Å². The Bertz CT molecular complexity index is 1200. The van der Waals surface area contributed by atoms with Crippen molar-refractivity contribution in [1.82, 2.24) is 15.3 Å². The number of aromatic nitrogens is 2. The molecule has 0 unspecified atom stereocenters. The van der Waals surface area contributed by atoms with E-state index in [1.165, 1.54) is 30.3 Å². The number of nitrogens with zero attached hydrogens (tertiary/aromatic N) is 1. The van der Waals surface area contributed by atoms with Crippen LogP contribution in [-0.4, -0.2) is 15.9 Å². The number of hydrogen-bond acceptors (Lipinski definition) is 4. The molecule has 0 aliphatic rings. The van der Waals surface area contributed by atoms with Crippen LogP contribution in [0.2, 0.25) is 15.2 Å². The van der Waals surface area contributed by atoms with Crippen molar-refractivity contribution in [3.63, 3.8) is 0 Å². The average molecular weight is 456 g/mol. The summed E-state index contributed by atoms with van der Waals surface area (Å²) in [6.07, 6.45) is 0. The first-order valence-electron chi connectivity index (χ1n) is 7.90. The fourth-order valence-electron chi connectivity index (χ4n) is 2.39. The summed E-state index contributed by atoms with van der Waals surface area (Å²) < 4.78 is 20.4. The van der Waals surface area contributed by atoms with Crippen LogP contribution in [0, 0.1) is 17.1 Å². The molecule has 0 saturated heterocycles. The van der Waals surface area contributed by atoms with Crippen LogP contribution in [0.4, 0.5) is 4.39 Å². The van der Waals surface area contributed by atoms with Gasteiger partial charge in [-0.15, -0.1) is 0 Å². The molecule has 3 aromatic rings. The molecule has 1 amide bonds. The van der Waals surface area contributed by atoms with Crippen molar-refractivity contribution in [3.05, 3.63) is 78.7 Å². The van der Waals surface area contributed by atoms with E-state index < -0.39 is 17.4 Å². The average Bonchev–Trinajstić information content (AvgIpc) is 3.02. The number of carbonyl (C=O) groups is 1. The van der Waals surface area contributed by atoms with Gasteiger partial charge in [-0.1, -0.05) is 40.9 Å². The van der Waals surface area contributed by atoms with Crippen LogP contribution < -0.4 is 15.7 Å². The van der Waals surface area contributed by atoms with Gasteiger partial charge in [0.25, 0.3) is 5.91 Å². The largest absolute Gasteiger partial charge is 0.453 e. The summed E-state index contributed by atoms with van der Waals surface area (Å²) in [5.74, 6) is -1.70. The van der Waals surface area contributed by atoms with Gasteiger partial charge in [-0.05, 0) is 24.3 Å². The minimum atomic E-state index is -0.815. The summed E-state index contributed by atoms with van der Waals surface area (Å²) >= 11 is 17.7. The normalized spacial score (nSPS) is 10.4. The summed E-state index contributed by atoms with van der Waals surface area (Å²) in [7, 11) is 0. The first-order valence-corrected chi connectivity index (χ1v) is 9.03. The number of amides is 1. The van der Waals surface area contributed by atoms with E-state index in [1.54, 1.807) is 0 Å². The Morgan fingerprint density at radius 3 is 2.62 bits per heavy atom. The maximum absolute atomic E-state index is 14.9. The maximum atomic E-state index is 14.9. The van der Waals surface area contributed by atoms with Gasteiger partial charge in [0.05, 0.1) is 16.7 Å². The lowest BCUT2D eigenvalue weighted by molar-refractivity contribution is 0.0946. The van der Waals surface area contributed by atoms with Crippen molar-refractivity contribution >= 4 is 40.7 Å². The van der Waals surface area contributed by atoms with E-state index in [2.05, 4.69) is 15.3 Å². The minimum Gasteiger partial charge on any atom is -0.453 e. The van der Waals surface area contributed by atoms with E-state index in [1.807, 2.05) is 6.07 Å². The number of ether oxygens (including phenoxy) is 1. The number of rotatable bonds is 5. The number of nitrogens with one attached hydrogen (secondary N) is 3. The molecule has 7 nitrogen and oxygen atoms in total. The first-order chi connectivity index (χ1) is 13.8. The molecule has 2 aromatic carbocycles. The molecular formula is C18H10Cl3FN4O3. The molecule has 0 aliphatic heterocycles. The van der Waals surface area contributed by atoms with Crippen molar-refractivity contribution in [3.8, 4) is 17.6 Å². The third-order valence-electron chi connectivity index (χ3n) is 3.70. The minimum absolute atomic E-state index is 0.0194. The summed E-state index contributed by atoms with van der Waals surface area (Å²) in [5.41, 5.74) is -0.531. The number of imidazole rings is 1. The molecule has 0 bridgehead atoms. The first kappa shape index (κ1) is 20.7. The zero-order valence-electron chi connectivity index (χ0n) is 14.3.